The zero-order chi connectivity index (χ0) is 14.8. The van der Waals surface area contributed by atoms with Gasteiger partial charge in [-0.25, -0.2) is 4.52 Å². The van der Waals surface area contributed by atoms with Crippen molar-refractivity contribution >= 4 is 5.69 Å². The second-order valence-electron chi connectivity index (χ2n) is 4.65. The van der Waals surface area contributed by atoms with Gasteiger partial charge in [0, 0.05) is 17.7 Å². The van der Waals surface area contributed by atoms with Crippen LogP contribution in [0.2, 0.25) is 0 Å². The van der Waals surface area contributed by atoms with E-state index in [1.807, 2.05) is 43.4 Å². The molecule has 1 heterocycles. The molecule has 0 aliphatic carbocycles. The molecule has 0 unspecified atom stereocenters. The number of hydrogen-bond donors (Lipinski definition) is 0. The Morgan fingerprint density at radius 1 is 1.00 bits per heavy atom. The van der Waals surface area contributed by atoms with Gasteiger partial charge in [0.1, 0.15) is 0 Å². The van der Waals surface area contributed by atoms with Crippen LogP contribution in [0.1, 0.15) is 0 Å². The molecule has 104 valence electrons. The number of aromatic nitrogens is 1. The van der Waals surface area contributed by atoms with E-state index >= 15 is 0 Å². The summed E-state index contributed by atoms with van der Waals surface area (Å²) in [5.74, 6) is 0.672. The molecule has 0 saturated carbocycles. The number of non-ortho nitro benzene ring substituents is 1. The molecule has 0 aliphatic rings. The normalized spacial score (nSPS) is 10.5. The van der Waals surface area contributed by atoms with E-state index in [4.69, 9.17) is 4.52 Å². The van der Waals surface area contributed by atoms with Crippen molar-refractivity contribution in [1.82, 2.24) is 0 Å². The van der Waals surface area contributed by atoms with Crippen LogP contribution in [-0.2, 0) is 7.05 Å². The maximum Gasteiger partial charge on any atom is 0.269 e. The summed E-state index contributed by atoms with van der Waals surface area (Å²) in [4.78, 5) is 10.3. The summed E-state index contributed by atoms with van der Waals surface area (Å²) >= 11 is 0. The van der Waals surface area contributed by atoms with Gasteiger partial charge in [-0.1, -0.05) is 18.2 Å². The standard InChI is InChI=1S/C16H13N2O3/c1-17-15(12-5-3-2-4-6-12)11-16(21-17)13-7-9-14(10-8-13)18(19)20/h2-11H,1H3/q+1. The molecule has 0 amide bonds. The maximum absolute atomic E-state index is 10.7. The molecule has 0 fully saturated rings. The van der Waals surface area contributed by atoms with Crippen molar-refractivity contribution in [2.75, 3.05) is 0 Å². The average molecular weight is 281 g/mol. The minimum atomic E-state index is -0.415. The predicted molar refractivity (Wildman–Crippen MR) is 77.4 cm³/mol. The molecule has 0 saturated heterocycles. The SMILES string of the molecule is C[n+]1oc(-c2ccc([N+](=O)[O-])cc2)cc1-c1ccccc1. The fourth-order valence-corrected chi connectivity index (χ4v) is 2.20. The van der Waals surface area contributed by atoms with Gasteiger partial charge >= 0.3 is 0 Å². The van der Waals surface area contributed by atoms with E-state index in [2.05, 4.69) is 0 Å². The Bertz CT molecular complexity index is 777. The first-order chi connectivity index (χ1) is 10.1. The molecule has 0 N–H and O–H groups in total. The number of rotatable bonds is 3. The minimum Gasteiger partial charge on any atom is -0.258 e. The van der Waals surface area contributed by atoms with Crippen molar-refractivity contribution in [3.63, 3.8) is 0 Å². The van der Waals surface area contributed by atoms with Crippen LogP contribution < -0.4 is 4.74 Å². The first-order valence-corrected chi connectivity index (χ1v) is 6.46. The van der Waals surface area contributed by atoms with Gasteiger partial charge in [-0.15, -0.1) is 0 Å². The Morgan fingerprint density at radius 2 is 1.67 bits per heavy atom. The Labute approximate surface area is 121 Å². The third-order valence-corrected chi connectivity index (χ3v) is 3.27. The lowest BCUT2D eigenvalue weighted by atomic mass is 10.1. The number of hydrogen-bond acceptors (Lipinski definition) is 3. The quantitative estimate of drug-likeness (QED) is 0.420. The van der Waals surface area contributed by atoms with Gasteiger partial charge in [0.15, 0.2) is 7.05 Å². The van der Waals surface area contributed by atoms with E-state index in [1.165, 1.54) is 12.1 Å². The third kappa shape index (κ3) is 2.53. The van der Waals surface area contributed by atoms with Gasteiger partial charge < -0.3 is 0 Å². The van der Waals surface area contributed by atoms with E-state index in [-0.39, 0.29) is 5.69 Å². The summed E-state index contributed by atoms with van der Waals surface area (Å²) < 4.78 is 7.39. The number of nitro benzene ring substituents is 1. The third-order valence-electron chi connectivity index (χ3n) is 3.27. The Balaban J connectivity index is 1.99. The van der Waals surface area contributed by atoms with E-state index in [1.54, 1.807) is 16.9 Å². The van der Waals surface area contributed by atoms with Crippen molar-refractivity contribution in [1.29, 1.82) is 0 Å². The largest absolute Gasteiger partial charge is 0.269 e. The van der Waals surface area contributed by atoms with Crippen LogP contribution in [-0.4, -0.2) is 4.92 Å². The highest BCUT2D eigenvalue weighted by Crippen LogP contribution is 2.26. The summed E-state index contributed by atoms with van der Waals surface area (Å²) in [5.41, 5.74) is 2.87. The van der Waals surface area contributed by atoms with Crippen molar-refractivity contribution in [3.8, 4) is 22.6 Å². The van der Waals surface area contributed by atoms with Gasteiger partial charge in [0.2, 0.25) is 5.76 Å². The summed E-state index contributed by atoms with van der Waals surface area (Å²) in [7, 11) is 1.83. The summed E-state index contributed by atoms with van der Waals surface area (Å²) in [5, 5.41) is 10.7. The lowest BCUT2D eigenvalue weighted by molar-refractivity contribution is -0.834. The molecule has 0 bridgehead atoms. The van der Waals surface area contributed by atoms with Crippen molar-refractivity contribution in [2.45, 2.75) is 0 Å². The fourth-order valence-electron chi connectivity index (χ4n) is 2.20. The first kappa shape index (κ1) is 13.1. The first-order valence-electron chi connectivity index (χ1n) is 6.46. The molecule has 0 radical (unpaired) electrons. The van der Waals surface area contributed by atoms with E-state index in [9.17, 15) is 10.1 Å². The van der Waals surface area contributed by atoms with Gasteiger partial charge in [-0.05, 0) is 29.0 Å². The van der Waals surface area contributed by atoms with Crippen molar-refractivity contribution < 1.29 is 14.2 Å². The monoisotopic (exact) mass is 281 g/mol. The zero-order valence-corrected chi connectivity index (χ0v) is 11.4. The highest BCUT2D eigenvalue weighted by molar-refractivity contribution is 5.65. The summed E-state index contributed by atoms with van der Waals surface area (Å²) in [6, 6.07) is 18.1. The van der Waals surface area contributed by atoms with E-state index < -0.39 is 4.92 Å². The number of aryl methyl sites for hydroxylation is 1. The average Bonchev–Trinajstić information content (AvgIpc) is 2.90. The smallest absolute Gasteiger partial charge is 0.258 e. The fraction of sp³-hybridized carbons (Fsp3) is 0.0625. The van der Waals surface area contributed by atoms with Crippen molar-refractivity contribution in [2.24, 2.45) is 7.05 Å². The number of benzene rings is 2. The maximum atomic E-state index is 10.7. The molecule has 21 heavy (non-hydrogen) atoms. The Kier molecular flexibility index (Phi) is 3.23. The number of nitro groups is 1. The van der Waals surface area contributed by atoms with Crippen molar-refractivity contribution in [3.05, 3.63) is 70.8 Å². The Morgan fingerprint density at radius 3 is 2.29 bits per heavy atom. The van der Waals surface area contributed by atoms with Crippen LogP contribution in [0.15, 0.2) is 65.2 Å². The molecule has 5 heteroatoms. The molecule has 5 nitrogen and oxygen atoms in total. The summed E-state index contributed by atoms with van der Waals surface area (Å²) in [6.07, 6.45) is 0. The number of nitrogens with zero attached hydrogens (tertiary/aromatic N) is 2. The molecule has 0 atom stereocenters. The molecule has 1 aromatic heterocycles. The van der Waals surface area contributed by atoms with Gasteiger partial charge in [0.05, 0.1) is 16.6 Å². The molecule has 3 aromatic rings. The molecule has 3 rings (SSSR count). The Hall–Kier alpha value is -2.95. The van der Waals surface area contributed by atoms with Gasteiger partial charge in [-0.2, -0.15) is 0 Å². The topological polar surface area (TPSA) is 60.2 Å². The van der Waals surface area contributed by atoms with E-state index in [0.717, 1.165) is 16.8 Å². The van der Waals surface area contributed by atoms with Crippen LogP contribution in [0.5, 0.6) is 0 Å². The second kappa shape index (κ2) is 5.20. The summed E-state index contributed by atoms with van der Waals surface area (Å²) in [6.45, 7) is 0. The molecular formula is C16H13N2O3+. The van der Waals surface area contributed by atoms with Crippen LogP contribution in [0, 0.1) is 10.1 Å². The highest BCUT2D eigenvalue weighted by atomic mass is 16.6. The van der Waals surface area contributed by atoms with Gasteiger partial charge in [0.25, 0.3) is 11.4 Å². The van der Waals surface area contributed by atoms with E-state index in [0.29, 0.717) is 5.76 Å². The molecule has 0 spiro atoms. The second-order valence-corrected chi connectivity index (χ2v) is 4.65. The lowest BCUT2D eigenvalue weighted by Gasteiger charge is -1.93. The van der Waals surface area contributed by atoms with Crippen LogP contribution >= 0.6 is 0 Å². The molecular weight excluding hydrogens is 268 g/mol. The van der Waals surface area contributed by atoms with Crippen LogP contribution in [0.25, 0.3) is 22.6 Å². The lowest BCUT2D eigenvalue weighted by Crippen LogP contribution is -2.26. The molecule has 0 aliphatic heterocycles. The zero-order valence-electron chi connectivity index (χ0n) is 11.4. The highest BCUT2D eigenvalue weighted by Gasteiger charge is 2.19. The van der Waals surface area contributed by atoms with Crippen LogP contribution in [0.4, 0.5) is 5.69 Å². The van der Waals surface area contributed by atoms with Gasteiger partial charge in [-0.3, -0.25) is 10.1 Å². The minimum absolute atomic E-state index is 0.0676. The molecule has 2 aromatic carbocycles. The predicted octanol–water partition coefficient (Wildman–Crippen LogP) is 3.35. The van der Waals surface area contributed by atoms with Crippen LogP contribution in [0.3, 0.4) is 0 Å².